The zero-order valence-corrected chi connectivity index (χ0v) is 8.60. The van der Waals surface area contributed by atoms with Crippen molar-refractivity contribution in [1.82, 2.24) is 9.71 Å². The van der Waals surface area contributed by atoms with Crippen LogP contribution in [0, 0.1) is 0 Å². The van der Waals surface area contributed by atoms with Crippen molar-refractivity contribution >= 4 is 17.6 Å². The summed E-state index contributed by atoms with van der Waals surface area (Å²) in [5, 5.41) is 18.8. The summed E-state index contributed by atoms with van der Waals surface area (Å²) in [4.78, 5) is 18.8. The minimum absolute atomic E-state index is 0.109. The predicted octanol–water partition coefficient (Wildman–Crippen LogP) is 1.15. The minimum Gasteiger partial charge on any atom is -0.492 e. The molecule has 0 radical (unpaired) electrons. The molecule has 2 rings (SSSR count). The van der Waals surface area contributed by atoms with Gasteiger partial charge in [0.05, 0.1) is 5.02 Å². The highest BCUT2D eigenvalue weighted by atomic mass is 35.5. The molecule has 16 heavy (non-hydrogen) atoms. The molecule has 0 aromatic carbocycles. The van der Waals surface area contributed by atoms with Crippen molar-refractivity contribution in [3.05, 3.63) is 35.1 Å². The molecule has 0 bridgehead atoms. The van der Waals surface area contributed by atoms with E-state index in [1.807, 2.05) is 0 Å². The fourth-order valence-corrected chi connectivity index (χ4v) is 1.28. The third-order valence-electron chi connectivity index (χ3n) is 1.84. The molecule has 0 spiro atoms. The standard InChI is InChI=1S/C9H7ClN2O4/c10-5-3-6(11-4-5)9(15)16-12-7(13)1-2-8(12)14/h1-4,11,13-14H. The van der Waals surface area contributed by atoms with E-state index in [1.54, 1.807) is 0 Å². The van der Waals surface area contributed by atoms with Crippen LogP contribution in [0.15, 0.2) is 24.4 Å². The van der Waals surface area contributed by atoms with Gasteiger partial charge in [-0.05, 0) is 6.07 Å². The maximum absolute atomic E-state index is 11.5. The quantitative estimate of drug-likeness (QED) is 0.737. The van der Waals surface area contributed by atoms with Gasteiger partial charge in [-0.3, -0.25) is 0 Å². The number of hydrogen-bond acceptors (Lipinski definition) is 4. The second-order valence-corrected chi connectivity index (χ2v) is 3.39. The van der Waals surface area contributed by atoms with E-state index in [0.717, 1.165) is 0 Å². The summed E-state index contributed by atoms with van der Waals surface area (Å²) in [5.41, 5.74) is 0.109. The number of carbonyl (C=O) groups excluding carboxylic acids is 1. The molecule has 0 amide bonds. The van der Waals surface area contributed by atoms with Crippen molar-refractivity contribution in [2.24, 2.45) is 0 Å². The third-order valence-corrected chi connectivity index (χ3v) is 2.06. The second-order valence-electron chi connectivity index (χ2n) is 2.95. The SMILES string of the molecule is O=C(On1c(O)ccc1O)c1cc(Cl)c[nH]1. The molecular formula is C9H7ClN2O4. The number of halogens is 1. The third kappa shape index (κ3) is 1.82. The van der Waals surface area contributed by atoms with Gasteiger partial charge in [0, 0.05) is 18.3 Å². The van der Waals surface area contributed by atoms with Crippen LogP contribution in [0.5, 0.6) is 11.8 Å². The number of carbonyl (C=O) groups is 1. The molecule has 0 unspecified atom stereocenters. The highest BCUT2D eigenvalue weighted by Crippen LogP contribution is 2.19. The first kappa shape index (κ1) is 10.4. The Hall–Kier alpha value is -2.08. The van der Waals surface area contributed by atoms with Gasteiger partial charge in [-0.15, -0.1) is 4.73 Å². The number of aromatic hydroxyl groups is 2. The Morgan fingerprint density at radius 1 is 1.38 bits per heavy atom. The molecule has 0 fully saturated rings. The molecule has 6 nitrogen and oxygen atoms in total. The Morgan fingerprint density at radius 2 is 2.00 bits per heavy atom. The summed E-state index contributed by atoms with van der Waals surface area (Å²) >= 11 is 5.60. The lowest BCUT2D eigenvalue weighted by atomic mass is 10.4. The van der Waals surface area contributed by atoms with Gasteiger partial charge < -0.3 is 20.0 Å². The lowest BCUT2D eigenvalue weighted by molar-refractivity contribution is 0.0376. The molecular weight excluding hydrogens is 236 g/mol. The van der Waals surface area contributed by atoms with E-state index in [4.69, 9.17) is 16.4 Å². The van der Waals surface area contributed by atoms with Crippen molar-refractivity contribution in [3.63, 3.8) is 0 Å². The number of nitrogens with one attached hydrogen (secondary N) is 1. The Labute approximate surface area is 94.6 Å². The number of rotatable bonds is 2. The van der Waals surface area contributed by atoms with Crippen molar-refractivity contribution in [2.75, 3.05) is 0 Å². The Morgan fingerprint density at radius 3 is 2.50 bits per heavy atom. The van der Waals surface area contributed by atoms with Crippen LogP contribution < -0.4 is 4.84 Å². The van der Waals surface area contributed by atoms with Gasteiger partial charge >= 0.3 is 5.97 Å². The molecule has 0 saturated carbocycles. The number of hydrogen-bond donors (Lipinski definition) is 3. The van der Waals surface area contributed by atoms with Gasteiger partial charge in [0.25, 0.3) is 0 Å². The van der Waals surface area contributed by atoms with Crippen molar-refractivity contribution in [1.29, 1.82) is 0 Å². The number of aromatic amines is 1. The smallest absolute Gasteiger partial charge is 0.380 e. The van der Waals surface area contributed by atoms with E-state index < -0.39 is 5.97 Å². The van der Waals surface area contributed by atoms with Gasteiger partial charge in [-0.2, -0.15) is 0 Å². The fraction of sp³-hybridized carbons (Fsp3) is 0. The number of aromatic nitrogens is 2. The topological polar surface area (TPSA) is 87.5 Å². The summed E-state index contributed by atoms with van der Waals surface area (Å²) in [6, 6.07) is 3.73. The molecule has 7 heteroatoms. The zero-order valence-electron chi connectivity index (χ0n) is 7.85. The fourth-order valence-electron chi connectivity index (χ4n) is 1.11. The van der Waals surface area contributed by atoms with Crippen LogP contribution in [0.4, 0.5) is 0 Å². The first-order valence-electron chi connectivity index (χ1n) is 4.24. The normalized spacial score (nSPS) is 10.3. The lowest BCUT2D eigenvalue weighted by Crippen LogP contribution is -2.19. The number of H-pyrrole nitrogens is 1. The van der Waals surface area contributed by atoms with Crippen molar-refractivity contribution in [2.45, 2.75) is 0 Å². The maximum atomic E-state index is 11.5. The average molecular weight is 243 g/mol. The average Bonchev–Trinajstić information content (AvgIpc) is 2.79. The maximum Gasteiger partial charge on any atom is 0.380 e. The molecule has 2 aromatic rings. The summed E-state index contributed by atoms with van der Waals surface area (Å²) < 4.78 is 0.594. The van der Waals surface area contributed by atoms with E-state index in [2.05, 4.69) is 4.98 Å². The Balaban J connectivity index is 2.20. The summed E-state index contributed by atoms with van der Waals surface area (Å²) in [7, 11) is 0. The van der Waals surface area contributed by atoms with Gasteiger partial charge in [-0.1, -0.05) is 11.6 Å². The van der Waals surface area contributed by atoms with Crippen LogP contribution in [0.3, 0.4) is 0 Å². The molecule has 2 heterocycles. The molecule has 0 saturated heterocycles. The lowest BCUT2D eigenvalue weighted by Gasteiger charge is -2.05. The van der Waals surface area contributed by atoms with E-state index >= 15 is 0 Å². The van der Waals surface area contributed by atoms with Gasteiger partial charge in [0.1, 0.15) is 5.69 Å². The van der Waals surface area contributed by atoms with Crippen LogP contribution in [-0.4, -0.2) is 25.9 Å². The molecule has 0 atom stereocenters. The summed E-state index contributed by atoms with van der Waals surface area (Å²) in [6.45, 7) is 0. The van der Waals surface area contributed by atoms with Crippen LogP contribution in [0.2, 0.25) is 5.02 Å². The summed E-state index contributed by atoms with van der Waals surface area (Å²) in [5.74, 6) is -1.55. The minimum atomic E-state index is -0.784. The first-order chi connectivity index (χ1) is 7.58. The number of nitrogens with zero attached hydrogens (tertiary/aromatic N) is 1. The van der Waals surface area contributed by atoms with Gasteiger partial charge in [-0.25, -0.2) is 4.79 Å². The highest BCUT2D eigenvalue weighted by molar-refractivity contribution is 6.30. The second kappa shape index (κ2) is 3.82. The summed E-state index contributed by atoms with van der Waals surface area (Å²) in [6.07, 6.45) is 1.41. The molecule has 0 aliphatic carbocycles. The van der Waals surface area contributed by atoms with Gasteiger partial charge in [0.15, 0.2) is 0 Å². The van der Waals surface area contributed by atoms with Gasteiger partial charge in [0.2, 0.25) is 11.8 Å². The zero-order chi connectivity index (χ0) is 11.7. The molecule has 2 aromatic heterocycles. The van der Waals surface area contributed by atoms with Crippen LogP contribution >= 0.6 is 11.6 Å². The Kier molecular flexibility index (Phi) is 2.49. The first-order valence-corrected chi connectivity index (χ1v) is 4.62. The monoisotopic (exact) mass is 242 g/mol. The molecule has 0 aliphatic heterocycles. The van der Waals surface area contributed by atoms with E-state index in [0.29, 0.717) is 9.75 Å². The highest BCUT2D eigenvalue weighted by Gasteiger charge is 2.15. The van der Waals surface area contributed by atoms with E-state index in [9.17, 15) is 15.0 Å². The molecule has 84 valence electrons. The largest absolute Gasteiger partial charge is 0.492 e. The Bertz CT molecular complexity index is 512. The van der Waals surface area contributed by atoms with Crippen molar-refractivity contribution in [3.8, 4) is 11.8 Å². The predicted molar refractivity (Wildman–Crippen MR) is 54.5 cm³/mol. The van der Waals surface area contributed by atoms with Crippen molar-refractivity contribution < 1.29 is 19.8 Å². The van der Waals surface area contributed by atoms with Crippen LogP contribution in [0.1, 0.15) is 10.5 Å². The molecule has 0 aliphatic rings. The van der Waals surface area contributed by atoms with Crippen LogP contribution in [-0.2, 0) is 0 Å². The van der Waals surface area contributed by atoms with Crippen LogP contribution in [0.25, 0.3) is 0 Å². The molecule has 3 N–H and O–H groups in total. The van der Waals surface area contributed by atoms with E-state index in [1.165, 1.54) is 24.4 Å². The van der Waals surface area contributed by atoms with E-state index in [-0.39, 0.29) is 17.5 Å².